The zero-order valence-electron chi connectivity index (χ0n) is 16.9. The Kier molecular flexibility index (Phi) is 5.71. The first-order valence-electron chi connectivity index (χ1n) is 10.1. The van der Waals surface area contributed by atoms with Gasteiger partial charge in [-0.1, -0.05) is 92.7 Å². The van der Waals surface area contributed by atoms with Gasteiger partial charge in [0.05, 0.1) is 17.4 Å². The molecular formula is C27H26N2. The van der Waals surface area contributed by atoms with Gasteiger partial charge < -0.3 is 5.32 Å². The normalized spacial score (nSPS) is 12.0. The number of nitrogens with one attached hydrogen (secondary N) is 1. The minimum atomic E-state index is -0.0234. The molecule has 1 aromatic heterocycles. The van der Waals surface area contributed by atoms with Crippen LogP contribution in [0.5, 0.6) is 0 Å². The molecule has 0 fully saturated rings. The summed E-state index contributed by atoms with van der Waals surface area (Å²) in [5.41, 5.74) is 6.75. The maximum Gasteiger partial charge on any atom is 0.0940 e. The van der Waals surface area contributed by atoms with Crippen molar-refractivity contribution in [1.29, 1.82) is 0 Å². The van der Waals surface area contributed by atoms with Crippen molar-refractivity contribution >= 4 is 5.69 Å². The quantitative estimate of drug-likeness (QED) is 0.388. The molecular weight excluding hydrogens is 352 g/mol. The van der Waals surface area contributed by atoms with Crippen LogP contribution in [0.15, 0.2) is 103 Å². The largest absolute Gasteiger partial charge is 0.373 e. The molecule has 0 amide bonds. The first kappa shape index (κ1) is 18.9. The minimum absolute atomic E-state index is 0.0234. The highest BCUT2D eigenvalue weighted by atomic mass is 14.9. The highest BCUT2D eigenvalue weighted by molar-refractivity contribution is 5.59. The van der Waals surface area contributed by atoms with Crippen LogP contribution in [0, 0.1) is 0 Å². The highest BCUT2D eigenvalue weighted by Gasteiger charge is 2.16. The van der Waals surface area contributed by atoms with E-state index < -0.39 is 0 Å². The fraction of sp³-hybridized carbons (Fsp3) is 0.148. The second-order valence-electron chi connectivity index (χ2n) is 7.58. The first-order chi connectivity index (χ1) is 14.2. The first-order valence-corrected chi connectivity index (χ1v) is 10.1. The van der Waals surface area contributed by atoms with Crippen molar-refractivity contribution in [2.45, 2.75) is 25.8 Å². The van der Waals surface area contributed by atoms with E-state index in [1.54, 1.807) is 0 Å². The van der Waals surface area contributed by atoms with Crippen LogP contribution >= 0.6 is 0 Å². The fourth-order valence-electron chi connectivity index (χ4n) is 3.49. The Labute approximate surface area is 173 Å². The van der Waals surface area contributed by atoms with Gasteiger partial charge in [-0.25, -0.2) is 0 Å². The van der Waals surface area contributed by atoms with E-state index in [2.05, 4.69) is 98.0 Å². The molecule has 1 N–H and O–H groups in total. The molecule has 0 saturated carbocycles. The van der Waals surface area contributed by atoms with Crippen molar-refractivity contribution in [3.63, 3.8) is 0 Å². The lowest BCUT2D eigenvalue weighted by molar-refractivity contribution is 0.863. The SMILES string of the molecule is CC(C)c1ccc(NC(c2ccccc2)c2cccc(-c3ccccc3)n2)cc1. The van der Waals surface area contributed by atoms with Crippen LogP contribution in [0.2, 0.25) is 0 Å². The Hall–Kier alpha value is -3.39. The lowest BCUT2D eigenvalue weighted by Gasteiger charge is -2.21. The van der Waals surface area contributed by atoms with Gasteiger partial charge in [0.15, 0.2) is 0 Å². The van der Waals surface area contributed by atoms with Crippen LogP contribution in [0.25, 0.3) is 11.3 Å². The summed E-state index contributed by atoms with van der Waals surface area (Å²) in [6.07, 6.45) is 0. The van der Waals surface area contributed by atoms with Gasteiger partial charge >= 0.3 is 0 Å². The van der Waals surface area contributed by atoms with Crippen LogP contribution < -0.4 is 5.32 Å². The van der Waals surface area contributed by atoms with Gasteiger partial charge in [0, 0.05) is 11.3 Å². The highest BCUT2D eigenvalue weighted by Crippen LogP contribution is 2.28. The molecule has 3 aromatic carbocycles. The van der Waals surface area contributed by atoms with Crippen LogP contribution in [0.4, 0.5) is 5.69 Å². The Morgan fingerprint density at radius 1 is 0.621 bits per heavy atom. The standard InChI is InChI=1S/C27H26N2/c1-20(2)21-16-18-24(19-17-21)28-27(23-12-7-4-8-13-23)26-15-9-14-25(29-26)22-10-5-3-6-11-22/h3-20,27-28H,1-2H3. The monoisotopic (exact) mass is 378 g/mol. The van der Waals surface area contributed by atoms with Gasteiger partial charge in [-0.2, -0.15) is 0 Å². The summed E-state index contributed by atoms with van der Waals surface area (Å²) in [5.74, 6) is 0.526. The Balaban J connectivity index is 1.70. The molecule has 0 aliphatic rings. The molecule has 0 saturated heterocycles. The summed E-state index contributed by atoms with van der Waals surface area (Å²) in [7, 11) is 0. The van der Waals surface area contributed by atoms with Crippen LogP contribution in [-0.2, 0) is 0 Å². The van der Waals surface area contributed by atoms with Gasteiger partial charge in [-0.3, -0.25) is 4.98 Å². The minimum Gasteiger partial charge on any atom is -0.373 e. The van der Waals surface area contributed by atoms with Crippen molar-refractivity contribution in [3.05, 3.63) is 120 Å². The lowest BCUT2D eigenvalue weighted by Crippen LogP contribution is -2.14. The Morgan fingerprint density at radius 2 is 1.28 bits per heavy atom. The molecule has 4 rings (SSSR count). The number of hydrogen-bond donors (Lipinski definition) is 1. The summed E-state index contributed by atoms with van der Waals surface area (Å²) < 4.78 is 0. The fourth-order valence-corrected chi connectivity index (χ4v) is 3.49. The molecule has 4 aromatic rings. The summed E-state index contributed by atoms with van der Waals surface area (Å²) in [6.45, 7) is 4.43. The van der Waals surface area contributed by atoms with E-state index in [9.17, 15) is 0 Å². The van der Waals surface area contributed by atoms with Crippen LogP contribution in [-0.4, -0.2) is 4.98 Å². The summed E-state index contributed by atoms with van der Waals surface area (Å²) in [5, 5.41) is 3.69. The Bertz CT molecular complexity index is 1040. The van der Waals surface area contributed by atoms with E-state index in [0.717, 1.165) is 22.6 Å². The van der Waals surface area contributed by atoms with E-state index in [0.29, 0.717) is 5.92 Å². The maximum atomic E-state index is 5.00. The molecule has 2 nitrogen and oxygen atoms in total. The third-order valence-electron chi connectivity index (χ3n) is 5.16. The average Bonchev–Trinajstić information content (AvgIpc) is 2.79. The van der Waals surface area contributed by atoms with Crippen LogP contribution in [0.3, 0.4) is 0 Å². The van der Waals surface area contributed by atoms with Gasteiger partial charge in [0.25, 0.3) is 0 Å². The molecule has 0 spiro atoms. The zero-order chi connectivity index (χ0) is 20.1. The summed E-state index contributed by atoms with van der Waals surface area (Å²) in [6, 6.07) is 35.8. The van der Waals surface area contributed by atoms with Crippen molar-refractivity contribution < 1.29 is 0 Å². The van der Waals surface area contributed by atoms with Gasteiger partial charge in [0.2, 0.25) is 0 Å². The smallest absolute Gasteiger partial charge is 0.0940 e. The number of benzene rings is 3. The predicted molar refractivity (Wildman–Crippen MR) is 122 cm³/mol. The van der Waals surface area contributed by atoms with Crippen LogP contribution in [0.1, 0.15) is 42.6 Å². The molecule has 1 atom stereocenters. The molecule has 0 aliphatic heterocycles. The third kappa shape index (κ3) is 4.55. The summed E-state index contributed by atoms with van der Waals surface area (Å²) in [4.78, 5) is 5.00. The second-order valence-corrected chi connectivity index (χ2v) is 7.58. The van der Waals surface area contributed by atoms with Crippen molar-refractivity contribution in [1.82, 2.24) is 4.98 Å². The van der Waals surface area contributed by atoms with Crippen molar-refractivity contribution in [2.24, 2.45) is 0 Å². The second kappa shape index (κ2) is 8.74. The third-order valence-corrected chi connectivity index (χ3v) is 5.16. The van der Waals surface area contributed by atoms with E-state index in [-0.39, 0.29) is 6.04 Å². The molecule has 2 heteroatoms. The van der Waals surface area contributed by atoms with Gasteiger partial charge in [0.1, 0.15) is 0 Å². The van der Waals surface area contributed by atoms with Gasteiger partial charge in [-0.15, -0.1) is 0 Å². The number of rotatable bonds is 6. The summed E-state index contributed by atoms with van der Waals surface area (Å²) >= 11 is 0. The van der Waals surface area contributed by atoms with Gasteiger partial charge in [-0.05, 0) is 41.3 Å². The predicted octanol–water partition coefficient (Wildman–Crippen LogP) is 7.07. The number of aromatic nitrogens is 1. The van der Waals surface area contributed by atoms with E-state index in [1.807, 2.05) is 24.3 Å². The van der Waals surface area contributed by atoms with E-state index in [1.165, 1.54) is 11.1 Å². The number of nitrogens with zero attached hydrogens (tertiary/aromatic N) is 1. The van der Waals surface area contributed by atoms with Crippen molar-refractivity contribution in [3.8, 4) is 11.3 Å². The van der Waals surface area contributed by atoms with E-state index >= 15 is 0 Å². The Morgan fingerprint density at radius 3 is 1.93 bits per heavy atom. The number of pyridine rings is 1. The topological polar surface area (TPSA) is 24.9 Å². The molecule has 29 heavy (non-hydrogen) atoms. The molecule has 0 aliphatic carbocycles. The molecule has 1 unspecified atom stereocenters. The molecule has 144 valence electrons. The van der Waals surface area contributed by atoms with Crippen molar-refractivity contribution in [2.75, 3.05) is 5.32 Å². The molecule has 0 radical (unpaired) electrons. The zero-order valence-corrected chi connectivity index (χ0v) is 16.9. The average molecular weight is 379 g/mol. The van der Waals surface area contributed by atoms with E-state index in [4.69, 9.17) is 4.98 Å². The lowest BCUT2D eigenvalue weighted by atomic mass is 10.0. The molecule has 1 heterocycles. The maximum absolute atomic E-state index is 5.00. The number of anilines is 1. The number of hydrogen-bond acceptors (Lipinski definition) is 2. The molecule has 0 bridgehead atoms.